The molecule has 2 rings (SSSR count). The molecule has 0 bridgehead atoms. The average molecular weight is 213 g/mol. The first-order valence-corrected chi connectivity index (χ1v) is 5.10. The summed E-state index contributed by atoms with van der Waals surface area (Å²) in [7, 11) is 0. The van der Waals surface area contributed by atoms with Crippen LogP contribution in [0.1, 0.15) is 5.56 Å². The second-order valence-electron chi connectivity index (χ2n) is 3.88. The van der Waals surface area contributed by atoms with Crippen molar-refractivity contribution in [1.82, 2.24) is 0 Å². The maximum absolute atomic E-state index is 5.60. The van der Waals surface area contributed by atoms with E-state index < -0.39 is 5.79 Å². The summed E-state index contributed by atoms with van der Waals surface area (Å²) in [4.78, 5) is 0. The predicted octanol–water partition coefficient (Wildman–Crippen LogP) is 1.34. The highest BCUT2D eigenvalue weighted by atomic mass is 15.1. The Bertz CT molecular complexity index is 455. The van der Waals surface area contributed by atoms with Crippen molar-refractivity contribution in [1.29, 1.82) is 0 Å². The molecule has 0 aliphatic heterocycles. The number of nitrogens with two attached hydrogens (primary N) is 3. The van der Waals surface area contributed by atoms with E-state index in [2.05, 4.69) is 12.1 Å². The fourth-order valence-electron chi connectivity index (χ4n) is 1.58. The zero-order valence-corrected chi connectivity index (χ0v) is 8.93. The SMILES string of the molecule is NC(N)(N)c1ccc(-c2ccccc2)cc1. The molecule has 6 N–H and O–H groups in total. The Hall–Kier alpha value is -1.68. The van der Waals surface area contributed by atoms with Crippen LogP contribution in [-0.2, 0) is 5.79 Å². The van der Waals surface area contributed by atoms with Crippen LogP contribution < -0.4 is 17.2 Å². The molecule has 0 saturated heterocycles. The predicted molar refractivity (Wildman–Crippen MR) is 66.1 cm³/mol. The number of benzene rings is 2. The summed E-state index contributed by atoms with van der Waals surface area (Å²) >= 11 is 0. The first-order chi connectivity index (χ1) is 7.57. The molecule has 0 spiro atoms. The van der Waals surface area contributed by atoms with Gasteiger partial charge in [-0.1, -0.05) is 54.6 Å². The van der Waals surface area contributed by atoms with E-state index in [-0.39, 0.29) is 0 Å². The molecule has 16 heavy (non-hydrogen) atoms. The minimum Gasteiger partial charge on any atom is -0.297 e. The van der Waals surface area contributed by atoms with Gasteiger partial charge in [0.1, 0.15) is 5.79 Å². The minimum absolute atomic E-state index is 0.715. The molecule has 3 heteroatoms. The first-order valence-electron chi connectivity index (χ1n) is 5.10. The average Bonchev–Trinajstić information content (AvgIpc) is 2.29. The Labute approximate surface area is 94.9 Å². The fraction of sp³-hybridized carbons (Fsp3) is 0.0769. The molecule has 2 aromatic carbocycles. The number of hydrogen-bond donors (Lipinski definition) is 3. The maximum Gasteiger partial charge on any atom is 0.142 e. The van der Waals surface area contributed by atoms with Crippen molar-refractivity contribution >= 4 is 0 Å². The summed E-state index contributed by atoms with van der Waals surface area (Å²) in [5.74, 6) is -1.27. The lowest BCUT2D eigenvalue weighted by molar-refractivity contribution is 0.488. The van der Waals surface area contributed by atoms with E-state index >= 15 is 0 Å². The lowest BCUT2D eigenvalue weighted by Gasteiger charge is -2.19. The Balaban J connectivity index is 2.34. The van der Waals surface area contributed by atoms with Gasteiger partial charge >= 0.3 is 0 Å². The third-order valence-electron chi connectivity index (χ3n) is 2.49. The van der Waals surface area contributed by atoms with Crippen molar-refractivity contribution in [2.45, 2.75) is 5.79 Å². The summed E-state index contributed by atoms with van der Waals surface area (Å²) in [6, 6.07) is 17.7. The van der Waals surface area contributed by atoms with Gasteiger partial charge in [-0.05, 0) is 11.1 Å². The van der Waals surface area contributed by atoms with E-state index in [4.69, 9.17) is 17.2 Å². The Morgan fingerprint density at radius 1 is 0.625 bits per heavy atom. The largest absolute Gasteiger partial charge is 0.297 e. The molecule has 0 aromatic heterocycles. The Morgan fingerprint density at radius 2 is 1.12 bits per heavy atom. The normalized spacial score (nSPS) is 11.4. The second kappa shape index (κ2) is 4.06. The molecule has 0 radical (unpaired) electrons. The van der Waals surface area contributed by atoms with Gasteiger partial charge in [-0.15, -0.1) is 0 Å². The number of hydrogen-bond acceptors (Lipinski definition) is 3. The minimum atomic E-state index is -1.27. The molecule has 0 aliphatic carbocycles. The van der Waals surface area contributed by atoms with Crippen molar-refractivity contribution < 1.29 is 0 Å². The highest BCUT2D eigenvalue weighted by Crippen LogP contribution is 2.20. The topological polar surface area (TPSA) is 78.1 Å². The Morgan fingerprint density at radius 3 is 1.62 bits per heavy atom. The van der Waals surface area contributed by atoms with E-state index in [1.54, 1.807) is 0 Å². The van der Waals surface area contributed by atoms with E-state index in [0.717, 1.165) is 11.1 Å². The smallest absolute Gasteiger partial charge is 0.142 e. The highest BCUT2D eigenvalue weighted by Gasteiger charge is 2.14. The lowest BCUT2D eigenvalue weighted by Crippen LogP contribution is -2.54. The van der Waals surface area contributed by atoms with Crippen molar-refractivity contribution in [2.24, 2.45) is 17.2 Å². The van der Waals surface area contributed by atoms with Crippen LogP contribution in [0.25, 0.3) is 11.1 Å². The molecule has 0 saturated carbocycles. The van der Waals surface area contributed by atoms with Crippen LogP contribution in [0.5, 0.6) is 0 Å². The molecule has 0 heterocycles. The van der Waals surface area contributed by atoms with Crippen LogP contribution in [0.3, 0.4) is 0 Å². The standard InChI is InChI=1S/C13H15N3/c14-13(15,16)12-8-6-11(7-9-12)10-4-2-1-3-5-10/h1-9H,14-16H2. The molecular weight excluding hydrogens is 198 g/mol. The van der Waals surface area contributed by atoms with Gasteiger partial charge in [-0.25, -0.2) is 0 Å². The lowest BCUT2D eigenvalue weighted by atomic mass is 10.0. The van der Waals surface area contributed by atoms with Crippen LogP contribution >= 0.6 is 0 Å². The zero-order valence-electron chi connectivity index (χ0n) is 8.93. The third-order valence-corrected chi connectivity index (χ3v) is 2.49. The van der Waals surface area contributed by atoms with E-state index in [1.165, 1.54) is 0 Å². The summed E-state index contributed by atoms with van der Waals surface area (Å²) < 4.78 is 0. The molecule has 0 amide bonds. The van der Waals surface area contributed by atoms with Gasteiger partial charge in [0, 0.05) is 5.56 Å². The van der Waals surface area contributed by atoms with Crippen LogP contribution in [0.4, 0.5) is 0 Å². The Kier molecular flexibility index (Phi) is 2.75. The molecule has 0 unspecified atom stereocenters. The van der Waals surface area contributed by atoms with Crippen LogP contribution in [0, 0.1) is 0 Å². The van der Waals surface area contributed by atoms with Crippen molar-refractivity contribution in [3.05, 3.63) is 60.2 Å². The third kappa shape index (κ3) is 2.28. The van der Waals surface area contributed by atoms with Gasteiger partial charge in [-0.2, -0.15) is 0 Å². The van der Waals surface area contributed by atoms with Gasteiger partial charge in [0.15, 0.2) is 0 Å². The second-order valence-corrected chi connectivity index (χ2v) is 3.88. The van der Waals surface area contributed by atoms with Crippen LogP contribution in [0.2, 0.25) is 0 Å². The first kappa shape index (κ1) is 10.8. The van der Waals surface area contributed by atoms with Crippen LogP contribution in [-0.4, -0.2) is 0 Å². The van der Waals surface area contributed by atoms with Crippen molar-refractivity contribution in [2.75, 3.05) is 0 Å². The molecule has 82 valence electrons. The molecule has 0 aliphatic rings. The fourth-order valence-corrected chi connectivity index (χ4v) is 1.58. The van der Waals surface area contributed by atoms with Gasteiger partial charge in [0.2, 0.25) is 0 Å². The van der Waals surface area contributed by atoms with Crippen molar-refractivity contribution in [3.8, 4) is 11.1 Å². The molecular formula is C13H15N3. The molecule has 3 nitrogen and oxygen atoms in total. The monoisotopic (exact) mass is 213 g/mol. The summed E-state index contributed by atoms with van der Waals surface area (Å²) in [6.07, 6.45) is 0. The van der Waals surface area contributed by atoms with E-state index in [1.807, 2.05) is 42.5 Å². The molecule has 0 atom stereocenters. The van der Waals surface area contributed by atoms with Crippen molar-refractivity contribution in [3.63, 3.8) is 0 Å². The van der Waals surface area contributed by atoms with Gasteiger partial charge < -0.3 is 0 Å². The van der Waals surface area contributed by atoms with Crippen LogP contribution in [0.15, 0.2) is 54.6 Å². The molecule has 0 fully saturated rings. The van der Waals surface area contributed by atoms with Gasteiger partial charge in [0.05, 0.1) is 0 Å². The summed E-state index contributed by atoms with van der Waals surface area (Å²) in [6.45, 7) is 0. The quantitative estimate of drug-likeness (QED) is 0.659. The maximum atomic E-state index is 5.60. The van der Waals surface area contributed by atoms with E-state index in [0.29, 0.717) is 5.56 Å². The highest BCUT2D eigenvalue weighted by molar-refractivity contribution is 5.63. The van der Waals surface area contributed by atoms with E-state index in [9.17, 15) is 0 Å². The van der Waals surface area contributed by atoms with Gasteiger partial charge in [0.25, 0.3) is 0 Å². The molecule has 2 aromatic rings. The summed E-state index contributed by atoms with van der Waals surface area (Å²) in [5, 5.41) is 0. The van der Waals surface area contributed by atoms with Gasteiger partial charge in [-0.3, -0.25) is 17.2 Å². The summed E-state index contributed by atoms with van der Waals surface area (Å²) in [5.41, 5.74) is 19.8. The zero-order chi connectivity index (χ0) is 11.6. The number of rotatable bonds is 2.